The van der Waals surface area contributed by atoms with Gasteiger partial charge >= 0.3 is 0 Å². The summed E-state index contributed by atoms with van der Waals surface area (Å²) in [5.74, 6) is 5.11. The average molecular weight is 305 g/mol. The lowest BCUT2D eigenvalue weighted by Crippen LogP contribution is -2.29. The molecule has 1 aromatic carbocycles. The largest absolute Gasteiger partial charge is 0.271 e. The van der Waals surface area contributed by atoms with Gasteiger partial charge < -0.3 is 0 Å². The molecule has 0 saturated carbocycles. The third-order valence-electron chi connectivity index (χ3n) is 2.63. The summed E-state index contributed by atoms with van der Waals surface area (Å²) in [6, 6.07) is 4.01. The Balaban J connectivity index is 2.48. The molecule has 0 fully saturated rings. The number of hydrogen-bond donors (Lipinski definition) is 2. The van der Waals surface area contributed by atoms with Crippen molar-refractivity contribution in [2.75, 3.05) is 0 Å². The summed E-state index contributed by atoms with van der Waals surface area (Å²) < 4.78 is 13.9. The highest BCUT2D eigenvalue weighted by atomic mass is 35.5. The molecule has 3 N–H and O–H groups in total. The summed E-state index contributed by atoms with van der Waals surface area (Å²) in [5.41, 5.74) is 3.96. The number of rotatable bonds is 3. The number of nitrogens with two attached hydrogens (primary N) is 1. The van der Waals surface area contributed by atoms with Crippen LogP contribution in [0.25, 0.3) is 0 Å². The first kappa shape index (κ1) is 13.8. The van der Waals surface area contributed by atoms with Crippen molar-refractivity contribution in [1.82, 2.24) is 5.43 Å². The van der Waals surface area contributed by atoms with Gasteiger partial charge in [0.2, 0.25) is 0 Å². The number of halogens is 3. The molecule has 0 spiro atoms. The topological polar surface area (TPSA) is 38.0 Å². The lowest BCUT2D eigenvalue weighted by Gasteiger charge is -2.16. The molecule has 1 unspecified atom stereocenters. The second kappa shape index (κ2) is 5.55. The van der Waals surface area contributed by atoms with E-state index in [2.05, 4.69) is 5.43 Å². The van der Waals surface area contributed by atoms with Crippen LogP contribution in [0, 0.1) is 12.7 Å². The van der Waals surface area contributed by atoms with E-state index in [9.17, 15) is 4.39 Å². The third kappa shape index (κ3) is 2.53. The van der Waals surface area contributed by atoms with E-state index < -0.39 is 11.9 Å². The predicted molar refractivity (Wildman–Crippen MR) is 74.6 cm³/mol. The van der Waals surface area contributed by atoms with Gasteiger partial charge in [-0.05, 0) is 30.0 Å². The molecule has 0 aliphatic rings. The fourth-order valence-corrected chi connectivity index (χ4v) is 3.22. The first-order chi connectivity index (χ1) is 8.54. The Kier molecular flexibility index (Phi) is 4.25. The third-order valence-corrected chi connectivity index (χ3v) is 4.64. The summed E-state index contributed by atoms with van der Waals surface area (Å²) >= 11 is 13.4. The van der Waals surface area contributed by atoms with E-state index in [-0.39, 0.29) is 0 Å². The van der Waals surface area contributed by atoms with E-state index in [1.54, 1.807) is 12.1 Å². The molecule has 0 radical (unpaired) electrons. The fourth-order valence-electron chi connectivity index (χ4n) is 1.69. The van der Waals surface area contributed by atoms with Crippen LogP contribution in [-0.4, -0.2) is 0 Å². The molecule has 0 aliphatic heterocycles. The van der Waals surface area contributed by atoms with Gasteiger partial charge in [-0.1, -0.05) is 29.3 Å². The number of thiophene rings is 1. The molecule has 18 heavy (non-hydrogen) atoms. The number of hydrazine groups is 1. The standard InChI is InChI=1S/C12H11Cl2FN2S/c1-6-5-18-12(10(6)14)11(17-16)8-3-2-7(13)4-9(8)15/h2-5,11,17H,16H2,1H3. The molecule has 0 amide bonds. The van der Waals surface area contributed by atoms with E-state index in [4.69, 9.17) is 29.0 Å². The lowest BCUT2D eigenvalue weighted by atomic mass is 10.0. The Morgan fingerprint density at radius 2 is 2.11 bits per heavy atom. The monoisotopic (exact) mass is 304 g/mol. The average Bonchev–Trinajstić information content (AvgIpc) is 2.65. The van der Waals surface area contributed by atoms with Crippen LogP contribution >= 0.6 is 34.5 Å². The maximum absolute atomic E-state index is 13.9. The quantitative estimate of drug-likeness (QED) is 0.663. The maximum atomic E-state index is 13.9. The highest BCUT2D eigenvalue weighted by molar-refractivity contribution is 7.10. The molecule has 0 bridgehead atoms. The zero-order valence-corrected chi connectivity index (χ0v) is 11.8. The Bertz CT molecular complexity index is 571. The summed E-state index contributed by atoms with van der Waals surface area (Å²) in [6.45, 7) is 1.90. The van der Waals surface area contributed by atoms with Crippen molar-refractivity contribution in [3.8, 4) is 0 Å². The highest BCUT2D eigenvalue weighted by Gasteiger charge is 2.21. The van der Waals surface area contributed by atoms with E-state index >= 15 is 0 Å². The van der Waals surface area contributed by atoms with Gasteiger partial charge in [-0.3, -0.25) is 5.84 Å². The molecule has 6 heteroatoms. The predicted octanol–water partition coefficient (Wildman–Crippen LogP) is 4.06. The number of aryl methyl sites for hydroxylation is 1. The summed E-state index contributed by atoms with van der Waals surface area (Å²) in [4.78, 5) is 0.790. The van der Waals surface area contributed by atoms with Crippen LogP contribution in [0.1, 0.15) is 22.0 Å². The molecule has 0 aliphatic carbocycles. The molecule has 96 valence electrons. The van der Waals surface area contributed by atoms with Crippen LogP contribution in [0.2, 0.25) is 10.0 Å². The van der Waals surface area contributed by atoms with Crippen molar-refractivity contribution >= 4 is 34.5 Å². The van der Waals surface area contributed by atoms with Crippen LogP contribution in [0.4, 0.5) is 4.39 Å². The van der Waals surface area contributed by atoms with Crippen LogP contribution in [-0.2, 0) is 0 Å². The second-order valence-electron chi connectivity index (χ2n) is 3.86. The van der Waals surface area contributed by atoms with Crippen molar-refractivity contribution in [1.29, 1.82) is 0 Å². The van der Waals surface area contributed by atoms with Crippen molar-refractivity contribution in [3.05, 3.63) is 55.4 Å². The summed E-state index contributed by atoms with van der Waals surface area (Å²) in [6.07, 6.45) is 0. The van der Waals surface area contributed by atoms with E-state index in [0.717, 1.165) is 10.4 Å². The molecule has 0 saturated heterocycles. The molecule has 1 atom stereocenters. The molecule has 1 aromatic heterocycles. The first-order valence-electron chi connectivity index (χ1n) is 5.19. The lowest BCUT2D eigenvalue weighted by molar-refractivity contribution is 0.564. The number of hydrogen-bond acceptors (Lipinski definition) is 3. The van der Waals surface area contributed by atoms with Gasteiger partial charge in [0.25, 0.3) is 0 Å². The minimum Gasteiger partial charge on any atom is -0.271 e. The van der Waals surface area contributed by atoms with Gasteiger partial charge in [-0.2, -0.15) is 0 Å². The van der Waals surface area contributed by atoms with Crippen molar-refractivity contribution in [2.24, 2.45) is 5.84 Å². The van der Waals surface area contributed by atoms with Crippen molar-refractivity contribution < 1.29 is 4.39 Å². The van der Waals surface area contributed by atoms with Crippen LogP contribution in [0.15, 0.2) is 23.6 Å². The minimum atomic E-state index is -0.478. The van der Waals surface area contributed by atoms with Crippen molar-refractivity contribution in [2.45, 2.75) is 13.0 Å². The molecule has 2 nitrogen and oxygen atoms in total. The van der Waals surface area contributed by atoms with Gasteiger partial charge in [0.15, 0.2) is 0 Å². The SMILES string of the molecule is Cc1csc(C(NN)c2ccc(Cl)cc2F)c1Cl. The normalized spacial score (nSPS) is 12.7. The Morgan fingerprint density at radius 1 is 1.39 bits per heavy atom. The second-order valence-corrected chi connectivity index (χ2v) is 5.59. The molecule has 1 heterocycles. The molecular formula is C12H11Cl2FN2S. The van der Waals surface area contributed by atoms with E-state index in [1.165, 1.54) is 17.4 Å². The van der Waals surface area contributed by atoms with Crippen LogP contribution in [0.5, 0.6) is 0 Å². The molecular weight excluding hydrogens is 294 g/mol. The Labute approximate surface area is 118 Å². The van der Waals surface area contributed by atoms with Gasteiger partial charge in [0.1, 0.15) is 5.82 Å². The summed E-state index contributed by atoms with van der Waals surface area (Å²) in [5, 5.41) is 2.87. The van der Waals surface area contributed by atoms with Gasteiger partial charge in [0, 0.05) is 15.5 Å². The van der Waals surface area contributed by atoms with Crippen LogP contribution in [0.3, 0.4) is 0 Å². The first-order valence-corrected chi connectivity index (χ1v) is 6.82. The zero-order valence-electron chi connectivity index (χ0n) is 9.51. The number of benzene rings is 1. The molecule has 2 aromatic rings. The number of nitrogens with one attached hydrogen (secondary N) is 1. The highest BCUT2D eigenvalue weighted by Crippen LogP contribution is 2.36. The van der Waals surface area contributed by atoms with Gasteiger partial charge in [0.05, 0.1) is 11.1 Å². The molecule has 2 rings (SSSR count). The van der Waals surface area contributed by atoms with E-state index in [0.29, 0.717) is 15.6 Å². The summed E-state index contributed by atoms with van der Waals surface area (Å²) in [7, 11) is 0. The minimum absolute atomic E-state index is 0.348. The van der Waals surface area contributed by atoms with E-state index in [1.807, 2.05) is 12.3 Å². The van der Waals surface area contributed by atoms with Gasteiger partial charge in [-0.15, -0.1) is 11.3 Å². The maximum Gasteiger partial charge on any atom is 0.129 e. The Morgan fingerprint density at radius 3 is 2.61 bits per heavy atom. The van der Waals surface area contributed by atoms with Gasteiger partial charge in [-0.25, -0.2) is 9.82 Å². The van der Waals surface area contributed by atoms with Crippen molar-refractivity contribution in [3.63, 3.8) is 0 Å². The van der Waals surface area contributed by atoms with Crippen LogP contribution < -0.4 is 11.3 Å². The zero-order chi connectivity index (χ0) is 13.3. The smallest absolute Gasteiger partial charge is 0.129 e. The fraction of sp³-hybridized carbons (Fsp3) is 0.167. The Hall–Kier alpha value is -0.650.